The summed E-state index contributed by atoms with van der Waals surface area (Å²) in [6.07, 6.45) is 3.16. The standard InChI is InChI=1S/C18H19N3O2S/c1-21-13-15(18(20-21)14-8-4-3-5-9-14)12-19-16-10-6-7-11-17(16)24(2,22)23/h3-11,13,19H,12H2,1-2H3. The van der Waals surface area contributed by atoms with E-state index in [0.29, 0.717) is 17.1 Å². The molecule has 6 heteroatoms. The predicted molar refractivity (Wildman–Crippen MR) is 95.5 cm³/mol. The van der Waals surface area contributed by atoms with Gasteiger partial charge in [-0.3, -0.25) is 4.68 Å². The summed E-state index contributed by atoms with van der Waals surface area (Å²) in [5, 5.41) is 7.75. The van der Waals surface area contributed by atoms with Gasteiger partial charge in [0.1, 0.15) is 0 Å². The number of aromatic nitrogens is 2. The van der Waals surface area contributed by atoms with Crippen LogP contribution < -0.4 is 5.32 Å². The minimum Gasteiger partial charge on any atom is -0.380 e. The number of hydrogen-bond donors (Lipinski definition) is 1. The highest BCUT2D eigenvalue weighted by atomic mass is 32.2. The predicted octanol–water partition coefficient (Wildman–Crippen LogP) is 3.10. The largest absolute Gasteiger partial charge is 0.380 e. The lowest BCUT2D eigenvalue weighted by atomic mass is 10.1. The lowest BCUT2D eigenvalue weighted by Crippen LogP contribution is -2.06. The Morgan fingerprint density at radius 3 is 2.42 bits per heavy atom. The van der Waals surface area contributed by atoms with Crippen LogP contribution in [0, 0.1) is 0 Å². The van der Waals surface area contributed by atoms with Crippen molar-refractivity contribution in [1.29, 1.82) is 0 Å². The Kier molecular flexibility index (Phi) is 4.40. The number of benzene rings is 2. The number of aryl methyl sites for hydroxylation is 1. The first-order valence-corrected chi connectivity index (χ1v) is 9.45. The smallest absolute Gasteiger partial charge is 0.177 e. The molecule has 0 amide bonds. The maximum Gasteiger partial charge on any atom is 0.177 e. The van der Waals surface area contributed by atoms with Crippen LogP contribution in [0.25, 0.3) is 11.3 Å². The van der Waals surface area contributed by atoms with Crippen LogP contribution in [0.5, 0.6) is 0 Å². The van der Waals surface area contributed by atoms with Crippen molar-refractivity contribution < 1.29 is 8.42 Å². The normalized spacial score (nSPS) is 11.4. The maximum atomic E-state index is 11.9. The quantitative estimate of drug-likeness (QED) is 0.774. The summed E-state index contributed by atoms with van der Waals surface area (Å²) in [6.45, 7) is 0.491. The summed E-state index contributed by atoms with van der Waals surface area (Å²) in [7, 11) is -1.40. The van der Waals surface area contributed by atoms with Gasteiger partial charge in [0.05, 0.1) is 16.3 Å². The second-order valence-corrected chi connectivity index (χ2v) is 7.65. The van der Waals surface area contributed by atoms with E-state index in [2.05, 4.69) is 10.4 Å². The van der Waals surface area contributed by atoms with Crippen molar-refractivity contribution in [1.82, 2.24) is 9.78 Å². The van der Waals surface area contributed by atoms with Gasteiger partial charge in [-0.1, -0.05) is 42.5 Å². The Morgan fingerprint density at radius 1 is 1.04 bits per heavy atom. The molecule has 5 nitrogen and oxygen atoms in total. The molecule has 2 aromatic carbocycles. The van der Waals surface area contributed by atoms with Gasteiger partial charge in [-0.2, -0.15) is 5.10 Å². The van der Waals surface area contributed by atoms with Crippen molar-refractivity contribution in [2.75, 3.05) is 11.6 Å². The zero-order valence-electron chi connectivity index (χ0n) is 13.6. The van der Waals surface area contributed by atoms with Crippen LogP contribution in [-0.2, 0) is 23.4 Å². The molecule has 0 unspecified atom stereocenters. The summed E-state index contributed by atoms with van der Waals surface area (Å²) in [5.74, 6) is 0. The highest BCUT2D eigenvalue weighted by Crippen LogP contribution is 2.25. The van der Waals surface area contributed by atoms with Gasteiger partial charge in [-0.25, -0.2) is 8.42 Å². The Labute approximate surface area is 141 Å². The molecule has 0 aliphatic rings. The maximum absolute atomic E-state index is 11.9. The second-order valence-electron chi connectivity index (χ2n) is 5.66. The Bertz CT molecular complexity index is 947. The number of rotatable bonds is 5. The van der Waals surface area contributed by atoms with Crippen molar-refractivity contribution in [2.45, 2.75) is 11.4 Å². The number of para-hydroxylation sites is 1. The van der Waals surface area contributed by atoms with Crippen molar-refractivity contribution in [3.63, 3.8) is 0 Å². The fraction of sp³-hybridized carbons (Fsp3) is 0.167. The van der Waals surface area contributed by atoms with Crippen molar-refractivity contribution in [3.05, 3.63) is 66.4 Å². The molecule has 0 saturated carbocycles. The SMILES string of the molecule is Cn1cc(CNc2ccccc2S(C)(=O)=O)c(-c2ccccc2)n1. The van der Waals surface area contributed by atoms with E-state index in [1.54, 1.807) is 22.9 Å². The average Bonchev–Trinajstić information content (AvgIpc) is 2.94. The molecule has 0 spiro atoms. The zero-order valence-corrected chi connectivity index (χ0v) is 14.4. The fourth-order valence-corrected chi connectivity index (χ4v) is 3.50. The van der Waals surface area contributed by atoms with Crippen LogP contribution in [-0.4, -0.2) is 24.5 Å². The summed E-state index contributed by atoms with van der Waals surface area (Å²) in [5.41, 5.74) is 3.53. The summed E-state index contributed by atoms with van der Waals surface area (Å²) < 4.78 is 25.6. The lowest BCUT2D eigenvalue weighted by molar-refractivity contribution is 0.602. The van der Waals surface area contributed by atoms with E-state index < -0.39 is 9.84 Å². The minimum atomic E-state index is -3.28. The molecule has 24 heavy (non-hydrogen) atoms. The molecule has 3 aromatic rings. The van der Waals surface area contributed by atoms with Gasteiger partial charge >= 0.3 is 0 Å². The fourth-order valence-electron chi connectivity index (χ4n) is 2.63. The Balaban J connectivity index is 1.90. The summed E-state index contributed by atoms with van der Waals surface area (Å²) in [4.78, 5) is 0.301. The molecule has 1 N–H and O–H groups in total. The van der Waals surface area contributed by atoms with Gasteiger partial charge < -0.3 is 5.32 Å². The van der Waals surface area contributed by atoms with Crippen LogP contribution >= 0.6 is 0 Å². The van der Waals surface area contributed by atoms with Gasteiger partial charge in [-0.05, 0) is 12.1 Å². The number of nitrogens with one attached hydrogen (secondary N) is 1. The van der Waals surface area contributed by atoms with Crippen molar-refractivity contribution >= 4 is 15.5 Å². The molecule has 0 radical (unpaired) electrons. The molecule has 0 atom stereocenters. The third-order valence-corrected chi connectivity index (χ3v) is 4.86. The summed E-state index contributed by atoms with van der Waals surface area (Å²) in [6, 6.07) is 16.9. The monoisotopic (exact) mass is 341 g/mol. The molecule has 0 bridgehead atoms. The number of hydrogen-bond acceptors (Lipinski definition) is 4. The van der Waals surface area contributed by atoms with Gasteiger partial charge in [0, 0.05) is 37.2 Å². The zero-order chi connectivity index (χ0) is 17.2. The molecule has 3 rings (SSSR count). The Morgan fingerprint density at radius 2 is 1.71 bits per heavy atom. The highest BCUT2D eigenvalue weighted by Gasteiger charge is 2.14. The van der Waals surface area contributed by atoms with E-state index >= 15 is 0 Å². The van der Waals surface area contributed by atoms with E-state index in [9.17, 15) is 8.42 Å². The van der Waals surface area contributed by atoms with Gasteiger partial charge in [0.2, 0.25) is 0 Å². The topological polar surface area (TPSA) is 64.0 Å². The third-order valence-electron chi connectivity index (χ3n) is 3.71. The first-order valence-electron chi connectivity index (χ1n) is 7.56. The second kappa shape index (κ2) is 6.49. The molecule has 0 saturated heterocycles. The van der Waals surface area contributed by atoms with Crippen LogP contribution in [0.4, 0.5) is 5.69 Å². The van der Waals surface area contributed by atoms with E-state index in [4.69, 9.17) is 0 Å². The molecule has 0 fully saturated rings. The molecule has 0 aliphatic heterocycles. The van der Waals surface area contributed by atoms with Gasteiger partial charge in [0.25, 0.3) is 0 Å². The van der Waals surface area contributed by atoms with Crippen molar-refractivity contribution in [2.24, 2.45) is 7.05 Å². The van der Waals surface area contributed by atoms with E-state index in [1.807, 2.05) is 49.6 Å². The van der Waals surface area contributed by atoms with E-state index in [1.165, 1.54) is 6.26 Å². The molecule has 1 heterocycles. The number of sulfone groups is 1. The number of nitrogens with zero attached hydrogens (tertiary/aromatic N) is 2. The van der Waals surface area contributed by atoms with E-state index in [-0.39, 0.29) is 0 Å². The summed E-state index contributed by atoms with van der Waals surface area (Å²) >= 11 is 0. The van der Waals surface area contributed by atoms with Crippen LogP contribution in [0.15, 0.2) is 65.7 Å². The van der Waals surface area contributed by atoms with Crippen LogP contribution in [0.2, 0.25) is 0 Å². The molecular formula is C18H19N3O2S. The molecule has 124 valence electrons. The van der Waals surface area contributed by atoms with Crippen LogP contribution in [0.1, 0.15) is 5.56 Å². The number of anilines is 1. The minimum absolute atomic E-state index is 0.301. The first kappa shape index (κ1) is 16.3. The third kappa shape index (κ3) is 3.49. The lowest BCUT2D eigenvalue weighted by Gasteiger charge is -2.10. The van der Waals surface area contributed by atoms with Crippen molar-refractivity contribution in [3.8, 4) is 11.3 Å². The molecule has 0 aliphatic carbocycles. The molecular weight excluding hydrogens is 322 g/mol. The average molecular weight is 341 g/mol. The van der Waals surface area contributed by atoms with E-state index in [0.717, 1.165) is 16.8 Å². The Hall–Kier alpha value is -2.60. The first-order chi connectivity index (χ1) is 11.4. The van der Waals surface area contributed by atoms with Crippen LogP contribution in [0.3, 0.4) is 0 Å². The van der Waals surface area contributed by atoms with Gasteiger partial charge in [-0.15, -0.1) is 0 Å². The molecule has 1 aromatic heterocycles. The highest BCUT2D eigenvalue weighted by molar-refractivity contribution is 7.90. The van der Waals surface area contributed by atoms with Gasteiger partial charge in [0.15, 0.2) is 9.84 Å².